The molecule has 1 N–H and O–H groups in total. The maximum Gasteiger partial charge on any atom is 0.128 e. The third-order valence-corrected chi connectivity index (χ3v) is 3.98. The molecule has 1 fully saturated rings. The highest BCUT2D eigenvalue weighted by atomic mass is 16.5. The first-order valence-electron chi connectivity index (χ1n) is 8.20. The zero-order valence-electron chi connectivity index (χ0n) is 13.4. The lowest BCUT2D eigenvalue weighted by molar-refractivity contribution is 0.318. The second kappa shape index (κ2) is 6.93. The van der Waals surface area contributed by atoms with Crippen molar-refractivity contribution in [3.8, 4) is 17.0 Å². The van der Waals surface area contributed by atoms with Crippen molar-refractivity contribution in [1.29, 1.82) is 0 Å². The monoisotopic (exact) mass is 296 g/mol. The molecule has 0 radical (unpaired) electrons. The third-order valence-electron chi connectivity index (χ3n) is 3.98. The maximum absolute atomic E-state index is 5.85. The highest BCUT2D eigenvalue weighted by molar-refractivity contribution is 5.67. The summed E-state index contributed by atoms with van der Waals surface area (Å²) in [6, 6.07) is 13.2. The van der Waals surface area contributed by atoms with E-state index in [0.29, 0.717) is 0 Å². The van der Waals surface area contributed by atoms with Crippen LogP contribution < -0.4 is 10.1 Å². The number of pyridine rings is 1. The van der Waals surface area contributed by atoms with Crippen LogP contribution in [0.25, 0.3) is 11.3 Å². The number of nitrogens with zero attached hydrogens (tertiary/aromatic N) is 1. The van der Waals surface area contributed by atoms with Gasteiger partial charge in [0, 0.05) is 23.8 Å². The predicted molar refractivity (Wildman–Crippen MR) is 90.1 cm³/mol. The van der Waals surface area contributed by atoms with Gasteiger partial charge in [-0.1, -0.05) is 25.1 Å². The molecule has 0 spiro atoms. The molecule has 0 aliphatic heterocycles. The average molecular weight is 296 g/mol. The molecule has 22 heavy (non-hydrogen) atoms. The van der Waals surface area contributed by atoms with Crippen LogP contribution in [0.4, 0.5) is 0 Å². The van der Waals surface area contributed by atoms with E-state index in [1.54, 1.807) is 0 Å². The number of rotatable bonds is 7. The molecule has 3 rings (SSSR count). The Balaban J connectivity index is 1.80. The number of hydrogen-bond acceptors (Lipinski definition) is 3. The fourth-order valence-electron chi connectivity index (χ4n) is 2.48. The number of benzene rings is 1. The molecule has 1 aromatic heterocycles. The van der Waals surface area contributed by atoms with Crippen LogP contribution in [-0.2, 0) is 6.54 Å². The van der Waals surface area contributed by atoms with Crippen LogP contribution in [0.1, 0.15) is 37.4 Å². The zero-order chi connectivity index (χ0) is 15.4. The number of aryl methyl sites for hydroxylation is 1. The van der Waals surface area contributed by atoms with Gasteiger partial charge < -0.3 is 10.1 Å². The van der Waals surface area contributed by atoms with Gasteiger partial charge in [0.2, 0.25) is 0 Å². The van der Waals surface area contributed by atoms with Crippen molar-refractivity contribution >= 4 is 0 Å². The SMILES string of the molecule is CCCOc1ccccc1-c1ccc(CNC2CC2)c(C)n1. The van der Waals surface area contributed by atoms with Gasteiger partial charge >= 0.3 is 0 Å². The second-order valence-corrected chi connectivity index (χ2v) is 5.94. The summed E-state index contributed by atoms with van der Waals surface area (Å²) >= 11 is 0. The lowest BCUT2D eigenvalue weighted by Crippen LogP contribution is -2.16. The maximum atomic E-state index is 5.85. The Morgan fingerprint density at radius 3 is 2.73 bits per heavy atom. The fraction of sp³-hybridized carbons (Fsp3) is 0.421. The summed E-state index contributed by atoms with van der Waals surface area (Å²) in [5.74, 6) is 0.917. The molecule has 1 aliphatic rings. The Bertz CT molecular complexity index is 635. The molecule has 3 nitrogen and oxygen atoms in total. The molecular formula is C19H24N2O. The first kappa shape index (κ1) is 15.0. The van der Waals surface area contributed by atoms with E-state index in [-0.39, 0.29) is 0 Å². The van der Waals surface area contributed by atoms with Gasteiger partial charge in [0.25, 0.3) is 0 Å². The van der Waals surface area contributed by atoms with Gasteiger partial charge in [-0.25, -0.2) is 0 Å². The topological polar surface area (TPSA) is 34.1 Å². The Hall–Kier alpha value is -1.87. The molecular weight excluding hydrogens is 272 g/mol. The van der Waals surface area contributed by atoms with E-state index in [2.05, 4.69) is 37.4 Å². The van der Waals surface area contributed by atoms with E-state index in [1.807, 2.05) is 18.2 Å². The van der Waals surface area contributed by atoms with E-state index in [1.165, 1.54) is 18.4 Å². The quantitative estimate of drug-likeness (QED) is 0.835. The molecule has 3 heteroatoms. The summed E-state index contributed by atoms with van der Waals surface area (Å²) in [5, 5.41) is 3.55. The lowest BCUT2D eigenvalue weighted by Gasteiger charge is -2.12. The summed E-state index contributed by atoms with van der Waals surface area (Å²) in [5.41, 5.74) is 4.43. The molecule has 0 saturated heterocycles. The molecule has 116 valence electrons. The van der Waals surface area contributed by atoms with E-state index < -0.39 is 0 Å². The van der Waals surface area contributed by atoms with Crippen LogP contribution in [0, 0.1) is 6.92 Å². The first-order valence-corrected chi connectivity index (χ1v) is 8.20. The van der Waals surface area contributed by atoms with Crippen LogP contribution in [0.2, 0.25) is 0 Å². The summed E-state index contributed by atoms with van der Waals surface area (Å²) in [7, 11) is 0. The van der Waals surface area contributed by atoms with Crippen LogP contribution >= 0.6 is 0 Å². The van der Waals surface area contributed by atoms with Gasteiger partial charge in [0.1, 0.15) is 5.75 Å². The Kier molecular flexibility index (Phi) is 4.74. The summed E-state index contributed by atoms with van der Waals surface area (Å²) in [4.78, 5) is 4.79. The van der Waals surface area contributed by atoms with Gasteiger partial charge in [-0.05, 0) is 49.9 Å². The summed E-state index contributed by atoms with van der Waals surface area (Å²) in [6.07, 6.45) is 3.63. The highest BCUT2D eigenvalue weighted by Crippen LogP contribution is 2.29. The van der Waals surface area contributed by atoms with Crippen LogP contribution in [-0.4, -0.2) is 17.6 Å². The summed E-state index contributed by atoms with van der Waals surface area (Å²) in [6.45, 7) is 5.85. The van der Waals surface area contributed by atoms with Crippen molar-refractivity contribution in [2.75, 3.05) is 6.61 Å². The third kappa shape index (κ3) is 3.66. The average Bonchev–Trinajstić information content (AvgIpc) is 3.36. The largest absolute Gasteiger partial charge is 0.493 e. The Morgan fingerprint density at radius 2 is 2.00 bits per heavy atom. The molecule has 0 bridgehead atoms. The number of nitrogens with one attached hydrogen (secondary N) is 1. The van der Waals surface area contributed by atoms with Gasteiger partial charge in [-0.15, -0.1) is 0 Å². The van der Waals surface area contributed by atoms with Crippen molar-refractivity contribution in [2.24, 2.45) is 0 Å². The minimum absolute atomic E-state index is 0.724. The summed E-state index contributed by atoms with van der Waals surface area (Å²) < 4.78 is 5.85. The normalized spacial score (nSPS) is 14.1. The van der Waals surface area contributed by atoms with E-state index in [4.69, 9.17) is 9.72 Å². The minimum Gasteiger partial charge on any atom is -0.493 e. The van der Waals surface area contributed by atoms with E-state index in [0.717, 1.165) is 48.3 Å². The van der Waals surface area contributed by atoms with Gasteiger partial charge in [-0.2, -0.15) is 0 Å². The molecule has 1 aromatic carbocycles. The molecule has 1 saturated carbocycles. The smallest absolute Gasteiger partial charge is 0.128 e. The van der Waals surface area contributed by atoms with Gasteiger partial charge in [0.05, 0.1) is 12.3 Å². The Labute approximate surface area is 132 Å². The predicted octanol–water partition coefficient (Wildman–Crippen LogP) is 4.10. The van der Waals surface area contributed by atoms with E-state index >= 15 is 0 Å². The Morgan fingerprint density at radius 1 is 1.18 bits per heavy atom. The molecule has 0 amide bonds. The van der Waals surface area contributed by atoms with Crippen molar-refractivity contribution in [3.63, 3.8) is 0 Å². The molecule has 1 aliphatic carbocycles. The molecule has 0 atom stereocenters. The number of para-hydroxylation sites is 1. The number of aromatic nitrogens is 1. The van der Waals surface area contributed by atoms with Crippen molar-refractivity contribution < 1.29 is 4.74 Å². The fourth-order valence-corrected chi connectivity index (χ4v) is 2.48. The van der Waals surface area contributed by atoms with Crippen LogP contribution in [0.3, 0.4) is 0 Å². The zero-order valence-corrected chi connectivity index (χ0v) is 13.4. The lowest BCUT2D eigenvalue weighted by atomic mass is 10.1. The van der Waals surface area contributed by atoms with Crippen LogP contribution in [0.5, 0.6) is 5.75 Å². The molecule has 2 aromatic rings. The van der Waals surface area contributed by atoms with Crippen molar-refractivity contribution in [1.82, 2.24) is 10.3 Å². The van der Waals surface area contributed by atoms with Crippen molar-refractivity contribution in [3.05, 3.63) is 47.7 Å². The van der Waals surface area contributed by atoms with Gasteiger partial charge in [0.15, 0.2) is 0 Å². The highest BCUT2D eigenvalue weighted by Gasteiger charge is 2.20. The minimum atomic E-state index is 0.724. The molecule has 0 unspecified atom stereocenters. The van der Waals surface area contributed by atoms with Gasteiger partial charge in [-0.3, -0.25) is 4.98 Å². The second-order valence-electron chi connectivity index (χ2n) is 5.94. The van der Waals surface area contributed by atoms with Crippen molar-refractivity contribution in [2.45, 2.75) is 45.7 Å². The van der Waals surface area contributed by atoms with E-state index in [9.17, 15) is 0 Å². The number of ether oxygens (including phenoxy) is 1. The number of hydrogen-bond donors (Lipinski definition) is 1. The first-order chi connectivity index (χ1) is 10.8. The van der Waals surface area contributed by atoms with Crippen LogP contribution in [0.15, 0.2) is 36.4 Å². The standard InChI is InChI=1S/C19H24N2O/c1-3-12-22-19-7-5-4-6-17(19)18-11-8-15(14(2)21-18)13-20-16-9-10-16/h4-8,11,16,20H,3,9-10,12-13H2,1-2H3. The molecule has 1 heterocycles.